The Hall–Kier alpha value is -2.10. The fourth-order valence-electron chi connectivity index (χ4n) is 3.60. The van der Waals surface area contributed by atoms with Gasteiger partial charge in [0.15, 0.2) is 0 Å². The number of aliphatic carboxylic acids is 1. The van der Waals surface area contributed by atoms with Gasteiger partial charge in [-0.1, -0.05) is 46.3 Å². The van der Waals surface area contributed by atoms with Gasteiger partial charge in [-0.2, -0.15) is 13.2 Å². The van der Waals surface area contributed by atoms with Crippen molar-refractivity contribution in [3.8, 4) is 5.75 Å². The first kappa shape index (κ1) is 27.1. The summed E-state index contributed by atoms with van der Waals surface area (Å²) in [5.74, 6) is -1.45. The van der Waals surface area contributed by atoms with E-state index in [2.05, 4.69) is 33.8 Å². The molecule has 2 aromatic rings. The largest absolute Gasteiger partial charge is 0.494 e. The third-order valence-corrected chi connectivity index (χ3v) is 6.37. The molecule has 1 saturated heterocycles. The molecule has 9 heteroatoms. The first-order chi connectivity index (χ1) is 15.6. The van der Waals surface area contributed by atoms with Crippen LogP contribution < -0.4 is 4.74 Å². The zero-order chi connectivity index (χ0) is 24.4. The summed E-state index contributed by atoms with van der Waals surface area (Å²) in [6.07, 6.45) is -2.27. The van der Waals surface area contributed by atoms with Crippen molar-refractivity contribution >= 4 is 21.9 Å². The molecule has 33 heavy (non-hydrogen) atoms. The van der Waals surface area contributed by atoms with E-state index in [1.165, 1.54) is 5.56 Å². The van der Waals surface area contributed by atoms with E-state index >= 15 is 0 Å². The van der Waals surface area contributed by atoms with Crippen LogP contribution in [0, 0.1) is 12.8 Å². The lowest BCUT2D eigenvalue weighted by molar-refractivity contribution is -0.192. The molecule has 0 spiro atoms. The number of hydrogen-bond donors (Lipinski definition) is 2. The van der Waals surface area contributed by atoms with E-state index in [0.29, 0.717) is 5.92 Å². The van der Waals surface area contributed by atoms with Crippen LogP contribution in [-0.4, -0.2) is 53.5 Å². The Labute approximate surface area is 200 Å². The molecule has 0 aromatic heterocycles. The first-order valence-electron chi connectivity index (χ1n) is 10.7. The number of aliphatic hydroxyl groups is 1. The van der Waals surface area contributed by atoms with Crippen molar-refractivity contribution in [2.75, 3.05) is 26.2 Å². The fourth-order valence-corrected chi connectivity index (χ4v) is 3.85. The number of alkyl halides is 3. The number of hydrogen-bond acceptors (Lipinski definition) is 4. The number of rotatable bonds is 7. The highest BCUT2D eigenvalue weighted by Gasteiger charge is 2.38. The topological polar surface area (TPSA) is 70.0 Å². The van der Waals surface area contributed by atoms with E-state index in [4.69, 9.17) is 14.6 Å². The molecule has 1 aliphatic heterocycles. The van der Waals surface area contributed by atoms with E-state index in [-0.39, 0.29) is 6.10 Å². The van der Waals surface area contributed by atoms with Gasteiger partial charge in [-0.15, -0.1) is 0 Å². The number of carboxylic acids is 1. The molecule has 5 nitrogen and oxygen atoms in total. The van der Waals surface area contributed by atoms with Gasteiger partial charge in [-0.25, -0.2) is 4.79 Å². The number of benzene rings is 2. The highest BCUT2D eigenvalue weighted by molar-refractivity contribution is 9.10. The Morgan fingerprint density at radius 2 is 1.79 bits per heavy atom. The van der Waals surface area contributed by atoms with Gasteiger partial charge in [0.2, 0.25) is 0 Å². The van der Waals surface area contributed by atoms with Crippen LogP contribution in [0.2, 0.25) is 0 Å². The number of likely N-dealkylation sites (tertiary alicyclic amines) is 1. The maximum Gasteiger partial charge on any atom is 0.490 e. The minimum atomic E-state index is -5.08. The molecule has 3 rings (SSSR count). The molecule has 2 N–H and O–H groups in total. The predicted octanol–water partition coefficient (Wildman–Crippen LogP) is 5.61. The van der Waals surface area contributed by atoms with Gasteiger partial charge in [0.1, 0.15) is 5.75 Å². The van der Waals surface area contributed by atoms with Crippen molar-refractivity contribution in [3.63, 3.8) is 0 Å². The number of piperidine rings is 1. The molecule has 2 aromatic carbocycles. The highest BCUT2D eigenvalue weighted by Crippen LogP contribution is 2.30. The monoisotopic (exact) mass is 531 g/mol. The summed E-state index contributed by atoms with van der Waals surface area (Å²) in [6.45, 7) is 6.00. The van der Waals surface area contributed by atoms with Crippen LogP contribution in [-0.2, 0) is 4.79 Å². The van der Waals surface area contributed by atoms with Crippen LogP contribution >= 0.6 is 15.9 Å². The number of carboxylic acid groups (broad SMARTS) is 1. The van der Waals surface area contributed by atoms with Crippen LogP contribution in [0.3, 0.4) is 0 Å². The Morgan fingerprint density at radius 1 is 1.18 bits per heavy atom. The van der Waals surface area contributed by atoms with Gasteiger partial charge >= 0.3 is 12.1 Å². The lowest BCUT2D eigenvalue weighted by Crippen LogP contribution is -2.36. The summed E-state index contributed by atoms with van der Waals surface area (Å²) in [5, 5.41) is 17.7. The second-order valence-corrected chi connectivity index (χ2v) is 8.80. The number of aliphatic hydroxyl groups excluding tert-OH is 1. The Bertz CT molecular complexity index is 872. The summed E-state index contributed by atoms with van der Waals surface area (Å²) >= 11 is 3.51. The van der Waals surface area contributed by atoms with Gasteiger partial charge in [-0.05, 0) is 74.5 Å². The van der Waals surface area contributed by atoms with Crippen LogP contribution in [0.25, 0.3) is 0 Å². The second-order valence-electron chi connectivity index (χ2n) is 7.95. The lowest BCUT2D eigenvalue weighted by atomic mass is 9.87. The van der Waals surface area contributed by atoms with Crippen molar-refractivity contribution in [1.82, 2.24) is 4.90 Å². The molecule has 0 radical (unpaired) electrons. The van der Waals surface area contributed by atoms with Gasteiger partial charge in [0.05, 0.1) is 12.7 Å². The third kappa shape index (κ3) is 9.35. The lowest BCUT2D eigenvalue weighted by Gasteiger charge is -2.34. The molecule has 0 saturated carbocycles. The quantitative estimate of drug-likeness (QED) is 0.454. The molecule has 1 aliphatic rings. The smallest absolute Gasteiger partial charge is 0.490 e. The van der Waals surface area contributed by atoms with Gasteiger partial charge in [0, 0.05) is 11.0 Å². The molecule has 1 heterocycles. The van der Waals surface area contributed by atoms with Crippen molar-refractivity contribution < 1.29 is 32.9 Å². The number of ether oxygens (including phenoxy) is 1. The van der Waals surface area contributed by atoms with E-state index in [1.54, 1.807) is 0 Å². The summed E-state index contributed by atoms with van der Waals surface area (Å²) in [6, 6.07) is 16.2. The molecular formula is C24H29BrF3NO4. The minimum Gasteiger partial charge on any atom is -0.494 e. The normalized spacial score (nSPS) is 15.9. The number of nitrogens with zero attached hydrogens (tertiary/aromatic N) is 1. The van der Waals surface area contributed by atoms with Crippen molar-refractivity contribution in [1.29, 1.82) is 0 Å². The zero-order valence-corrected chi connectivity index (χ0v) is 20.0. The molecule has 0 bridgehead atoms. The SMILES string of the molecule is Cc1cc(OCCCN2CCC(C(O)c3ccccc3)CC2)ccc1Br.O=C(O)C(F)(F)F. The van der Waals surface area contributed by atoms with Crippen molar-refractivity contribution in [3.05, 3.63) is 64.1 Å². The molecule has 1 unspecified atom stereocenters. The van der Waals surface area contributed by atoms with Crippen LogP contribution in [0.1, 0.15) is 36.5 Å². The van der Waals surface area contributed by atoms with Gasteiger partial charge in [0.25, 0.3) is 0 Å². The maximum atomic E-state index is 10.6. The standard InChI is InChI=1S/C22H28BrNO2.C2HF3O2/c1-17-16-20(8-9-21(17)23)26-15-5-12-24-13-10-19(11-14-24)22(25)18-6-3-2-4-7-18;3-2(4,5)1(6)7/h2-4,6-9,16,19,22,25H,5,10-15H2,1H3;(H,6,7). The Morgan fingerprint density at radius 3 is 2.33 bits per heavy atom. The van der Waals surface area contributed by atoms with E-state index < -0.39 is 12.1 Å². The fraction of sp³-hybridized carbons (Fsp3) is 0.458. The molecular weight excluding hydrogens is 503 g/mol. The van der Waals surface area contributed by atoms with E-state index in [1.807, 2.05) is 42.5 Å². The van der Waals surface area contributed by atoms with E-state index in [9.17, 15) is 18.3 Å². The molecule has 0 amide bonds. The highest BCUT2D eigenvalue weighted by atomic mass is 79.9. The Balaban J connectivity index is 0.000000479. The van der Waals surface area contributed by atoms with Crippen LogP contribution in [0.15, 0.2) is 53.0 Å². The molecule has 1 atom stereocenters. The second kappa shape index (κ2) is 13.0. The zero-order valence-electron chi connectivity index (χ0n) is 18.4. The molecule has 1 fully saturated rings. The van der Waals surface area contributed by atoms with Crippen LogP contribution in [0.4, 0.5) is 13.2 Å². The minimum absolute atomic E-state index is 0.331. The third-order valence-electron chi connectivity index (χ3n) is 5.48. The summed E-state index contributed by atoms with van der Waals surface area (Å²) < 4.78 is 38.7. The first-order valence-corrected chi connectivity index (χ1v) is 11.5. The summed E-state index contributed by atoms with van der Waals surface area (Å²) in [7, 11) is 0. The predicted molar refractivity (Wildman–Crippen MR) is 123 cm³/mol. The number of aryl methyl sites for hydroxylation is 1. The number of halogens is 4. The summed E-state index contributed by atoms with van der Waals surface area (Å²) in [4.78, 5) is 11.4. The Kier molecular flexibility index (Phi) is 10.7. The van der Waals surface area contributed by atoms with Gasteiger partial charge < -0.3 is 19.8 Å². The average Bonchev–Trinajstić information content (AvgIpc) is 2.79. The van der Waals surface area contributed by atoms with Crippen LogP contribution in [0.5, 0.6) is 5.75 Å². The number of carbonyl (C=O) groups is 1. The average molecular weight is 532 g/mol. The summed E-state index contributed by atoms with van der Waals surface area (Å²) in [5.41, 5.74) is 2.24. The van der Waals surface area contributed by atoms with Gasteiger partial charge in [-0.3, -0.25) is 0 Å². The van der Waals surface area contributed by atoms with Crippen molar-refractivity contribution in [2.45, 2.75) is 38.5 Å². The van der Waals surface area contributed by atoms with Crippen molar-refractivity contribution in [2.24, 2.45) is 5.92 Å². The molecule has 0 aliphatic carbocycles. The maximum absolute atomic E-state index is 10.6. The molecule has 182 valence electrons. The van der Waals surface area contributed by atoms with E-state index in [0.717, 1.165) is 61.3 Å².